The molecule has 0 aliphatic heterocycles. The summed E-state index contributed by atoms with van der Waals surface area (Å²) in [6, 6.07) is 0. The van der Waals surface area contributed by atoms with E-state index in [4.69, 9.17) is 4.74 Å². The molecule has 74 valence electrons. The quantitative estimate of drug-likeness (QED) is 0.664. The maximum Gasteiger partial charge on any atom is 0.345 e. The molecule has 2 nitrogen and oxygen atoms in total. The van der Waals surface area contributed by atoms with Gasteiger partial charge >= 0.3 is 6.61 Å². The molecule has 0 spiro atoms. The van der Waals surface area contributed by atoms with Crippen molar-refractivity contribution in [1.82, 2.24) is 0 Å². The molecule has 0 aliphatic carbocycles. The predicted molar refractivity (Wildman–Crippen MR) is 42.3 cm³/mol. The maximum absolute atomic E-state index is 11.6. The van der Waals surface area contributed by atoms with Crippen molar-refractivity contribution in [3.63, 3.8) is 0 Å². The van der Waals surface area contributed by atoms with Gasteiger partial charge < -0.3 is 9.47 Å². The minimum absolute atomic E-state index is 0.188. The molecule has 0 aromatic heterocycles. The van der Waals surface area contributed by atoms with Crippen LogP contribution in [0.1, 0.15) is 27.7 Å². The maximum atomic E-state index is 11.6. The fourth-order valence-electron chi connectivity index (χ4n) is 0.582. The first-order valence-electron chi connectivity index (χ1n) is 3.89. The van der Waals surface area contributed by atoms with Crippen LogP contribution in [0.5, 0.6) is 0 Å². The molecule has 0 fully saturated rings. The van der Waals surface area contributed by atoms with E-state index in [0.717, 1.165) is 0 Å². The van der Waals surface area contributed by atoms with Gasteiger partial charge in [0, 0.05) is 0 Å². The zero-order valence-electron chi connectivity index (χ0n) is 7.93. The largest absolute Gasteiger partial charge is 0.373 e. The van der Waals surface area contributed by atoms with E-state index in [9.17, 15) is 8.78 Å². The van der Waals surface area contributed by atoms with Gasteiger partial charge in [0.05, 0.1) is 18.3 Å². The number of hydrogen-bond donors (Lipinski definition) is 0. The minimum Gasteiger partial charge on any atom is -0.373 e. The van der Waals surface area contributed by atoms with Crippen molar-refractivity contribution in [2.24, 2.45) is 0 Å². The Labute approximate surface area is 71.9 Å². The highest BCUT2D eigenvalue weighted by Gasteiger charge is 2.15. The second-order valence-electron chi connectivity index (χ2n) is 3.63. The molecule has 0 unspecified atom stereocenters. The Balaban J connectivity index is 3.51. The Morgan fingerprint density at radius 3 is 2.08 bits per heavy atom. The van der Waals surface area contributed by atoms with Crippen molar-refractivity contribution in [2.45, 2.75) is 46.0 Å². The van der Waals surface area contributed by atoms with Crippen LogP contribution in [0.15, 0.2) is 0 Å². The van der Waals surface area contributed by atoms with Crippen LogP contribution < -0.4 is 0 Å². The van der Waals surface area contributed by atoms with Gasteiger partial charge in [0.2, 0.25) is 0 Å². The van der Waals surface area contributed by atoms with Crippen LogP contribution in [0.2, 0.25) is 0 Å². The second kappa shape index (κ2) is 4.72. The van der Waals surface area contributed by atoms with Crippen LogP contribution in [-0.4, -0.2) is 24.9 Å². The van der Waals surface area contributed by atoms with Crippen molar-refractivity contribution in [3.8, 4) is 0 Å². The van der Waals surface area contributed by atoms with Gasteiger partial charge in [-0.15, -0.1) is 0 Å². The van der Waals surface area contributed by atoms with E-state index < -0.39 is 12.7 Å². The van der Waals surface area contributed by atoms with Gasteiger partial charge in [-0.3, -0.25) is 0 Å². The third-order valence-electron chi connectivity index (χ3n) is 1.09. The molecule has 0 amide bonds. The molecule has 0 bridgehead atoms. The number of alkyl halides is 2. The van der Waals surface area contributed by atoms with Crippen molar-refractivity contribution < 1.29 is 18.3 Å². The normalized spacial score (nSPS) is 15.2. The molecule has 0 heterocycles. The summed E-state index contributed by atoms with van der Waals surface area (Å²) in [4.78, 5) is 0. The number of rotatable bonds is 4. The molecule has 0 rings (SSSR count). The second-order valence-corrected chi connectivity index (χ2v) is 3.63. The summed E-state index contributed by atoms with van der Waals surface area (Å²) >= 11 is 0. The van der Waals surface area contributed by atoms with Crippen LogP contribution in [0.25, 0.3) is 0 Å². The summed E-state index contributed by atoms with van der Waals surface area (Å²) in [5.74, 6) is 0. The standard InChI is InChI=1S/C8H16F2O2/c1-6(12-7(9)10)5-11-8(2,3)4/h6-7H,5H2,1-4H3/t6-/m0/s1. The zero-order valence-corrected chi connectivity index (χ0v) is 7.93. The molecule has 0 N–H and O–H groups in total. The molecule has 0 aromatic rings. The molecular formula is C8H16F2O2. The van der Waals surface area contributed by atoms with Crippen molar-refractivity contribution in [3.05, 3.63) is 0 Å². The minimum atomic E-state index is -2.72. The van der Waals surface area contributed by atoms with E-state index >= 15 is 0 Å². The molecule has 0 aromatic carbocycles. The Hall–Kier alpha value is -0.220. The summed E-state index contributed by atoms with van der Waals surface area (Å²) in [5, 5.41) is 0. The Morgan fingerprint density at radius 1 is 1.25 bits per heavy atom. The number of hydrogen-bond acceptors (Lipinski definition) is 2. The highest BCUT2D eigenvalue weighted by atomic mass is 19.3. The van der Waals surface area contributed by atoms with Gasteiger partial charge in [-0.05, 0) is 27.7 Å². The smallest absolute Gasteiger partial charge is 0.345 e. The van der Waals surface area contributed by atoms with Gasteiger partial charge in [-0.1, -0.05) is 0 Å². The Kier molecular flexibility index (Phi) is 4.63. The average molecular weight is 182 g/mol. The summed E-state index contributed by atoms with van der Waals surface area (Å²) in [5.41, 5.74) is -0.306. The summed E-state index contributed by atoms with van der Waals surface area (Å²) in [6.07, 6.45) is -0.566. The molecule has 0 aliphatic rings. The lowest BCUT2D eigenvalue weighted by Crippen LogP contribution is -2.27. The van der Waals surface area contributed by atoms with Crippen LogP contribution in [0, 0.1) is 0 Å². The lowest BCUT2D eigenvalue weighted by atomic mass is 10.2. The molecule has 12 heavy (non-hydrogen) atoms. The van der Waals surface area contributed by atoms with Crippen LogP contribution in [0.3, 0.4) is 0 Å². The van der Waals surface area contributed by atoms with Gasteiger partial charge in [-0.25, -0.2) is 0 Å². The summed E-state index contributed by atoms with van der Waals surface area (Å²) < 4.78 is 32.7. The van der Waals surface area contributed by atoms with E-state index in [-0.39, 0.29) is 12.2 Å². The van der Waals surface area contributed by atoms with E-state index in [2.05, 4.69) is 4.74 Å². The van der Waals surface area contributed by atoms with Gasteiger partial charge in [-0.2, -0.15) is 8.78 Å². The third kappa shape index (κ3) is 7.88. The topological polar surface area (TPSA) is 18.5 Å². The third-order valence-corrected chi connectivity index (χ3v) is 1.09. The van der Waals surface area contributed by atoms with E-state index in [1.54, 1.807) is 6.92 Å². The Bertz CT molecular complexity index is 121. The monoisotopic (exact) mass is 182 g/mol. The van der Waals surface area contributed by atoms with E-state index in [0.29, 0.717) is 0 Å². The molecule has 1 atom stereocenters. The van der Waals surface area contributed by atoms with Crippen molar-refractivity contribution in [1.29, 1.82) is 0 Å². The van der Waals surface area contributed by atoms with Crippen molar-refractivity contribution >= 4 is 0 Å². The van der Waals surface area contributed by atoms with Crippen molar-refractivity contribution in [2.75, 3.05) is 6.61 Å². The lowest BCUT2D eigenvalue weighted by molar-refractivity contribution is -0.180. The lowest BCUT2D eigenvalue weighted by Gasteiger charge is -2.22. The van der Waals surface area contributed by atoms with Gasteiger partial charge in [0.15, 0.2) is 0 Å². The molecule has 4 heteroatoms. The zero-order chi connectivity index (χ0) is 9.78. The first kappa shape index (κ1) is 11.8. The van der Waals surface area contributed by atoms with Gasteiger partial charge in [0.25, 0.3) is 0 Å². The predicted octanol–water partition coefficient (Wildman–Crippen LogP) is 2.43. The first-order valence-corrected chi connectivity index (χ1v) is 3.89. The number of ether oxygens (including phenoxy) is 2. The van der Waals surface area contributed by atoms with E-state index in [1.807, 2.05) is 20.8 Å². The number of halogens is 2. The molecular weight excluding hydrogens is 166 g/mol. The molecule has 0 saturated carbocycles. The Morgan fingerprint density at radius 2 is 1.75 bits per heavy atom. The summed E-state index contributed by atoms with van der Waals surface area (Å²) in [7, 11) is 0. The fourth-order valence-corrected chi connectivity index (χ4v) is 0.582. The SMILES string of the molecule is C[C@@H](COC(C)(C)C)OC(F)F. The highest BCUT2D eigenvalue weighted by molar-refractivity contribution is 4.60. The highest BCUT2D eigenvalue weighted by Crippen LogP contribution is 2.09. The fraction of sp³-hybridized carbons (Fsp3) is 1.00. The van der Waals surface area contributed by atoms with Crippen LogP contribution in [0.4, 0.5) is 8.78 Å². The van der Waals surface area contributed by atoms with Crippen LogP contribution in [-0.2, 0) is 9.47 Å². The summed E-state index contributed by atoms with van der Waals surface area (Å²) in [6.45, 7) is 4.61. The molecule has 0 radical (unpaired) electrons. The van der Waals surface area contributed by atoms with Crippen LogP contribution >= 0.6 is 0 Å². The first-order chi connectivity index (χ1) is 5.31. The van der Waals surface area contributed by atoms with Gasteiger partial charge in [0.1, 0.15) is 0 Å². The van der Waals surface area contributed by atoms with E-state index in [1.165, 1.54) is 0 Å². The molecule has 0 saturated heterocycles. The average Bonchev–Trinajstić information content (AvgIpc) is 1.80.